The predicted molar refractivity (Wildman–Crippen MR) is 161 cm³/mol. The molecule has 1 aromatic heterocycles. The summed E-state index contributed by atoms with van der Waals surface area (Å²) in [6.45, 7) is 13.0. The van der Waals surface area contributed by atoms with Gasteiger partial charge in [-0.15, -0.1) is 0 Å². The van der Waals surface area contributed by atoms with E-state index in [1.165, 1.54) is 41.8 Å². The lowest BCUT2D eigenvalue weighted by Crippen LogP contribution is -2.47. The van der Waals surface area contributed by atoms with E-state index in [0.29, 0.717) is 11.8 Å². The summed E-state index contributed by atoms with van der Waals surface area (Å²) in [5.41, 5.74) is 6.15. The third-order valence-corrected chi connectivity index (χ3v) is 10.2. The van der Waals surface area contributed by atoms with Crippen molar-refractivity contribution in [2.75, 3.05) is 65.4 Å². The summed E-state index contributed by atoms with van der Waals surface area (Å²) in [4.78, 5) is 25.1. The fraction of sp³-hybridized carbons (Fsp3) is 0.562. The maximum absolute atomic E-state index is 13.2. The van der Waals surface area contributed by atoms with Gasteiger partial charge in [-0.2, -0.15) is 0 Å². The van der Waals surface area contributed by atoms with Crippen molar-refractivity contribution in [3.63, 3.8) is 0 Å². The molecule has 3 saturated heterocycles. The van der Waals surface area contributed by atoms with Crippen LogP contribution in [0.1, 0.15) is 71.6 Å². The number of pyridine rings is 1. The summed E-state index contributed by atoms with van der Waals surface area (Å²) in [6.07, 6.45) is 8.84. The second kappa shape index (κ2) is 12.2. The number of hydrogen-bond donors (Lipinski definition) is 1. The molecule has 1 unspecified atom stereocenters. The molecule has 6 nitrogen and oxygen atoms in total. The van der Waals surface area contributed by atoms with Crippen molar-refractivity contribution in [2.24, 2.45) is 5.92 Å². The Kier molecular flexibility index (Phi) is 8.49. The number of fused-ring (bicyclic) bond motifs is 1. The van der Waals surface area contributed by atoms with E-state index in [1.54, 1.807) is 0 Å². The van der Waals surface area contributed by atoms with Crippen LogP contribution in [-0.2, 0) is 0 Å². The monoisotopic (exact) mass is 591 g/mol. The number of nitrogens with one attached hydrogen (secondary N) is 1. The number of rotatable bonds is 6. The molecular weight excluding hydrogens is 550 g/mol. The molecule has 39 heavy (non-hydrogen) atoms. The van der Waals surface area contributed by atoms with Crippen LogP contribution in [0.4, 0.5) is 0 Å². The molecule has 0 spiro atoms. The fourth-order valence-corrected chi connectivity index (χ4v) is 7.40. The van der Waals surface area contributed by atoms with Crippen molar-refractivity contribution in [3.8, 4) is 0 Å². The van der Waals surface area contributed by atoms with Crippen molar-refractivity contribution in [1.29, 1.82) is 0 Å². The molecule has 1 atom stereocenters. The molecule has 0 saturated carbocycles. The molecule has 208 valence electrons. The normalized spacial score (nSPS) is 23.6. The van der Waals surface area contributed by atoms with Crippen LogP contribution >= 0.6 is 15.9 Å². The number of halogens is 1. The summed E-state index contributed by atoms with van der Waals surface area (Å²) in [5, 5.41) is 3.44. The maximum atomic E-state index is 13.2. The van der Waals surface area contributed by atoms with E-state index in [1.807, 2.05) is 12.3 Å². The highest BCUT2D eigenvalue weighted by atomic mass is 79.9. The Morgan fingerprint density at radius 1 is 0.949 bits per heavy atom. The Morgan fingerprint density at radius 2 is 1.67 bits per heavy atom. The van der Waals surface area contributed by atoms with Gasteiger partial charge in [0.2, 0.25) is 0 Å². The average Bonchev–Trinajstić information content (AvgIpc) is 3.30. The Bertz CT molecular complexity index is 1180. The number of likely N-dealkylation sites (tertiary alicyclic amines) is 2. The Labute approximate surface area is 242 Å². The molecule has 4 aliphatic rings. The molecule has 3 aliphatic heterocycles. The van der Waals surface area contributed by atoms with Crippen LogP contribution in [0.5, 0.6) is 0 Å². The zero-order valence-electron chi connectivity index (χ0n) is 23.2. The highest BCUT2D eigenvalue weighted by Gasteiger charge is 2.29. The van der Waals surface area contributed by atoms with Crippen molar-refractivity contribution >= 4 is 27.9 Å². The summed E-state index contributed by atoms with van der Waals surface area (Å²) in [5.74, 6) is 1.90. The number of piperazine rings is 1. The summed E-state index contributed by atoms with van der Waals surface area (Å²) in [6, 6.07) is 10.6. The quantitative estimate of drug-likeness (QED) is 0.513. The SMILES string of the molecule is CC1C(CN2CCC(c3ccc(C(=O)N4CCC(CN5CCNCC5)CC4)cc3)CC2)=Cc2c(Br)ccnc21. The number of carbonyl (C=O) groups is 1. The lowest BCUT2D eigenvalue weighted by molar-refractivity contribution is 0.0663. The van der Waals surface area contributed by atoms with Crippen LogP contribution in [-0.4, -0.2) is 91.0 Å². The zero-order chi connectivity index (χ0) is 26.8. The first-order valence-corrected chi connectivity index (χ1v) is 15.7. The number of piperidine rings is 2. The molecule has 3 fully saturated rings. The molecule has 0 bridgehead atoms. The van der Waals surface area contributed by atoms with Crippen LogP contribution in [0.3, 0.4) is 0 Å². The van der Waals surface area contributed by atoms with Crippen LogP contribution in [0.2, 0.25) is 0 Å². The largest absolute Gasteiger partial charge is 0.339 e. The average molecular weight is 593 g/mol. The summed E-state index contributed by atoms with van der Waals surface area (Å²) >= 11 is 3.69. The molecule has 1 aromatic carbocycles. The van der Waals surface area contributed by atoms with E-state index < -0.39 is 0 Å². The van der Waals surface area contributed by atoms with Gasteiger partial charge < -0.3 is 15.1 Å². The van der Waals surface area contributed by atoms with Gasteiger partial charge in [-0.05, 0) is 79.9 Å². The number of benzene rings is 1. The van der Waals surface area contributed by atoms with Crippen LogP contribution in [0.15, 0.2) is 46.6 Å². The minimum absolute atomic E-state index is 0.207. The van der Waals surface area contributed by atoms with Crippen molar-refractivity contribution < 1.29 is 4.79 Å². The standard InChI is InChI=1S/C32H42BrN5O/c1-23-28(20-29-30(33)6-11-35-31(23)29)22-36-14-9-26(10-15-36)25-2-4-27(5-3-25)32(39)38-16-7-24(8-17-38)21-37-18-12-34-13-19-37/h2-6,11,20,23-24,26,34H,7-10,12-19,21-22H2,1H3. The minimum atomic E-state index is 0.207. The fourth-order valence-electron chi connectivity index (χ4n) is 6.96. The predicted octanol–water partition coefficient (Wildman–Crippen LogP) is 4.98. The highest BCUT2D eigenvalue weighted by Crippen LogP contribution is 2.39. The molecule has 6 rings (SSSR count). The van der Waals surface area contributed by atoms with Crippen molar-refractivity contribution in [3.05, 3.63) is 69.0 Å². The van der Waals surface area contributed by atoms with Gasteiger partial charge in [0.1, 0.15) is 0 Å². The number of amides is 1. The molecule has 7 heteroatoms. The van der Waals surface area contributed by atoms with E-state index in [-0.39, 0.29) is 5.91 Å². The Morgan fingerprint density at radius 3 is 2.36 bits per heavy atom. The molecule has 1 N–H and O–H groups in total. The van der Waals surface area contributed by atoms with E-state index in [2.05, 4.69) is 78.2 Å². The van der Waals surface area contributed by atoms with Gasteiger partial charge in [-0.25, -0.2) is 0 Å². The molecular formula is C32H42BrN5O. The molecule has 2 aromatic rings. The summed E-state index contributed by atoms with van der Waals surface area (Å²) in [7, 11) is 0. The van der Waals surface area contributed by atoms with Gasteiger partial charge >= 0.3 is 0 Å². The van der Waals surface area contributed by atoms with E-state index in [9.17, 15) is 4.79 Å². The van der Waals surface area contributed by atoms with Crippen LogP contribution in [0.25, 0.3) is 6.08 Å². The second-order valence-electron chi connectivity index (χ2n) is 12.0. The smallest absolute Gasteiger partial charge is 0.253 e. The first kappa shape index (κ1) is 27.1. The number of carbonyl (C=O) groups excluding carboxylic acids is 1. The maximum Gasteiger partial charge on any atom is 0.253 e. The number of hydrogen-bond acceptors (Lipinski definition) is 5. The first-order chi connectivity index (χ1) is 19.0. The zero-order valence-corrected chi connectivity index (χ0v) is 24.8. The lowest BCUT2D eigenvalue weighted by Gasteiger charge is -2.36. The molecule has 4 heterocycles. The van der Waals surface area contributed by atoms with Crippen molar-refractivity contribution in [2.45, 2.75) is 44.4 Å². The van der Waals surface area contributed by atoms with Crippen LogP contribution < -0.4 is 5.32 Å². The molecule has 1 aliphatic carbocycles. The van der Waals surface area contributed by atoms with E-state index >= 15 is 0 Å². The minimum Gasteiger partial charge on any atom is -0.339 e. The van der Waals surface area contributed by atoms with Crippen molar-refractivity contribution in [1.82, 2.24) is 25.0 Å². The first-order valence-electron chi connectivity index (χ1n) is 14.9. The van der Waals surface area contributed by atoms with E-state index in [0.717, 1.165) is 87.7 Å². The Hall–Kier alpha value is -2.06. The number of aromatic nitrogens is 1. The third kappa shape index (κ3) is 6.17. The van der Waals surface area contributed by atoms with E-state index in [4.69, 9.17) is 0 Å². The van der Waals surface area contributed by atoms with Gasteiger partial charge in [0.25, 0.3) is 5.91 Å². The lowest BCUT2D eigenvalue weighted by atomic mass is 9.88. The topological polar surface area (TPSA) is 51.7 Å². The Balaban J connectivity index is 0.969. The van der Waals surface area contributed by atoms with Gasteiger partial charge in [-0.1, -0.05) is 41.1 Å². The third-order valence-electron chi connectivity index (χ3n) is 9.51. The van der Waals surface area contributed by atoms with Gasteiger partial charge in [0, 0.05) is 80.1 Å². The molecule has 0 radical (unpaired) electrons. The molecule has 1 amide bonds. The number of nitrogens with zero attached hydrogens (tertiary/aromatic N) is 4. The van der Waals surface area contributed by atoms with Crippen LogP contribution in [0, 0.1) is 5.92 Å². The van der Waals surface area contributed by atoms with Gasteiger partial charge in [0.05, 0.1) is 5.69 Å². The second-order valence-corrected chi connectivity index (χ2v) is 12.8. The highest BCUT2D eigenvalue weighted by molar-refractivity contribution is 9.10. The van der Waals surface area contributed by atoms with Gasteiger partial charge in [0.15, 0.2) is 0 Å². The van der Waals surface area contributed by atoms with Gasteiger partial charge in [-0.3, -0.25) is 14.7 Å². The summed E-state index contributed by atoms with van der Waals surface area (Å²) < 4.78 is 1.14.